The summed E-state index contributed by atoms with van der Waals surface area (Å²) in [4.78, 5) is 17.2. The normalized spacial score (nSPS) is 10.5. The molecule has 2 heterocycles. The molecular weight excluding hydrogens is 416 g/mol. The van der Waals surface area contributed by atoms with Crippen LogP contribution < -0.4 is 15.4 Å². The van der Waals surface area contributed by atoms with Gasteiger partial charge in [-0.25, -0.2) is 9.78 Å². The van der Waals surface area contributed by atoms with Gasteiger partial charge in [-0.05, 0) is 42.8 Å². The number of hydrogen-bond donors (Lipinski definition) is 2. The number of ether oxygens (including phenoxy) is 1. The van der Waals surface area contributed by atoms with Crippen molar-refractivity contribution in [3.05, 3.63) is 70.9 Å². The second-order valence-corrected chi connectivity index (χ2v) is 7.11. The van der Waals surface area contributed by atoms with Crippen LogP contribution in [-0.2, 0) is 0 Å². The molecule has 0 radical (unpaired) electrons. The quantitative estimate of drug-likeness (QED) is 0.476. The Balaban J connectivity index is 1.73. The zero-order chi connectivity index (χ0) is 22.0. The third-order valence-electron chi connectivity index (χ3n) is 4.64. The lowest BCUT2D eigenvalue weighted by atomic mass is 10.1. The number of halogens is 1. The van der Waals surface area contributed by atoms with E-state index in [1.54, 1.807) is 31.4 Å². The number of nitrogens with zero attached hydrogens (tertiary/aromatic N) is 4. The molecule has 154 valence electrons. The Morgan fingerprint density at radius 1 is 1.19 bits per heavy atom. The zero-order valence-corrected chi connectivity index (χ0v) is 17.4. The third-order valence-corrected chi connectivity index (χ3v) is 4.87. The lowest BCUT2D eigenvalue weighted by Crippen LogP contribution is -2.22. The minimum absolute atomic E-state index is 0.195. The first-order chi connectivity index (χ1) is 15.0. The highest BCUT2D eigenvalue weighted by molar-refractivity contribution is 6.30. The van der Waals surface area contributed by atoms with E-state index < -0.39 is 6.03 Å². The summed E-state index contributed by atoms with van der Waals surface area (Å²) in [6.45, 7) is 1.95. The molecule has 4 rings (SSSR count). The highest BCUT2D eigenvalue weighted by Crippen LogP contribution is 2.29. The number of aromatic nitrogens is 3. The van der Waals surface area contributed by atoms with Crippen LogP contribution >= 0.6 is 11.6 Å². The smallest absolute Gasteiger partial charge is 0.324 e. The Kier molecular flexibility index (Phi) is 5.43. The summed E-state index contributed by atoms with van der Waals surface area (Å²) in [7, 11) is 1.58. The predicted octanol–water partition coefficient (Wildman–Crippen LogP) is 4.91. The number of para-hydroxylation sites is 1. The maximum Gasteiger partial charge on any atom is 0.324 e. The third kappa shape index (κ3) is 3.99. The lowest BCUT2D eigenvalue weighted by Gasteiger charge is -2.13. The van der Waals surface area contributed by atoms with Gasteiger partial charge in [-0.1, -0.05) is 29.8 Å². The Bertz CT molecular complexity index is 1340. The Morgan fingerprint density at radius 3 is 2.74 bits per heavy atom. The predicted molar refractivity (Wildman–Crippen MR) is 119 cm³/mol. The first-order valence-corrected chi connectivity index (χ1v) is 9.64. The van der Waals surface area contributed by atoms with Crippen molar-refractivity contribution < 1.29 is 9.53 Å². The average Bonchev–Trinajstić information content (AvgIpc) is 3.15. The number of aryl methyl sites for hydroxylation is 1. The van der Waals surface area contributed by atoms with E-state index >= 15 is 0 Å². The van der Waals surface area contributed by atoms with E-state index in [1.165, 1.54) is 10.9 Å². The van der Waals surface area contributed by atoms with Crippen LogP contribution in [0.15, 0.2) is 54.7 Å². The number of urea groups is 1. The molecule has 0 atom stereocenters. The van der Waals surface area contributed by atoms with Crippen molar-refractivity contribution in [2.24, 2.45) is 0 Å². The summed E-state index contributed by atoms with van der Waals surface area (Å²) in [5.74, 6) is 1.25. The zero-order valence-electron chi connectivity index (χ0n) is 16.7. The highest BCUT2D eigenvalue weighted by Gasteiger charge is 2.18. The molecule has 2 aromatic heterocycles. The maximum absolute atomic E-state index is 12.6. The molecule has 0 spiro atoms. The van der Waals surface area contributed by atoms with Crippen LogP contribution in [0.4, 0.5) is 16.3 Å². The molecule has 0 saturated carbocycles. The summed E-state index contributed by atoms with van der Waals surface area (Å²) in [6, 6.07) is 15.7. The molecule has 0 aliphatic rings. The van der Waals surface area contributed by atoms with Crippen LogP contribution in [0.3, 0.4) is 0 Å². The Morgan fingerprint density at radius 2 is 2.00 bits per heavy atom. The van der Waals surface area contributed by atoms with E-state index in [2.05, 4.69) is 20.7 Å². The van der Waals surface area contributed by atoms with Gasteiger partial charge in [-0.3, -0.25) is 5.32 Å². The SMILES string of the molecule is COc1cccc2c(C)cc(-n3ncc(C#N)c3NC(=O)Nc3cccc(Cl)c3)nc12. The van der Waals surface area contributed by atoms with E-state index in [-0.39, 0.29) is 11.4 Å². The molecule has 8 nitrogen and oxygen atoms in total. The molecule has 2 N–H and O–H groups in total. The van der Waals surface area contributed by atoms with Crippen molar-refractivity contribution >= 4 is 40.0 Å². The Hall–Kier alpha value is -4.09. The number of amides is 2. The number of nitrogens with one attached hydrogen (secondary N) is 2. The number of pyridine rings is 1. The molecule has 4 aromatic rings. The van der Waals surface area contributed by atoms with Gasteiger partial charge >= 0.3 is 6.03 Å². The topological polar surface area (TPSA) is 105 Å². The number of anilines is 2. The van der Waals surface area contributed by atoms with Gasteiger partial charge in [0.25, 0.3) is 0 Å². The van der Waals surface area contributed by atoms with Gasteiger partial charge in [0.2, 0.25) is 0 Å². The number of rotatable bonds is 4. The van der Waals surface area contributed by atoms with Crippen molar-refractivity contribution in [2.75, 3.05) is 17.7 Å². The van der Waals surface area contributed by atoms with Crippen molar-refractivity contribution in [3.63, 3.8) is 0 Å². The lowest BCUT2D eigenvalue weighted by molar-refractivity contribution is 0.262. The summed E-state index contributed by atoms with van der Waals surface area (Å²) in [5, 5.41) is 20.6. The molecule has 0 unspecified atom stereocenters. The van der Waals surface area contributed by atoms with Gasteiger partial charge in [-0.2, -0.15) is 15.0 Å². The van der Waals surface area contributed by atoms with E-state index in [4.69, 9.17) is 16.3 Å². The van der Waals surface area contributed by atoms with Crippen LogP contribution in [0.25, 0.3) is 16.7 Å². The fourth-order valence-electron chi connectivity index (χ4n) is 3.21. The number of benzene rings is 2. The number of fused-ring (bicyclic) bond motifs is 1. The minimum Gasteiger partial charge on any atom is -0.494 e. The highest BCUT2D eigenvalue weighted by atomic mass is 35.5. The van der Waals surface area contributed by atoms with Crippen LogP contribution in [0.2, 0.25) is 5.02 Å². The summed E-state index contributed by atoms with van der Waals surface area (Å²) in [5.41, 5.74) is 2.31. The second-order valence-electron chi connectivity index (χ2n) is 6.67. The molecule has 2 aromatic carbocycles. The number of carbonyl (C=O) groups excluding carboxylic acids is 1. The largest absolute Gasteiger partial charge is 0.494 e. The molecule has 0 saturated heterocycles. The molecule has 31 heavy (non-hydrogen) atoms. The maximum atomic E-state index is 12.6. The summed E-state index contributed by atoms with van der Waals surface area (Å²) < 4.78 is 6.85. The molecule has 9 heteroatoms. The van der Waals surface area contributed by atoms with Gasteiger partial charge in [0.05, 0.1) is 13.3 Å². The summed E-state index contributed by atoms with van der Waals surface area (Å²) in [6.07, 6.45) is 1.37. The van der Waals surface area contributed by atoms with E-state index in [1.807, 2.05) is 37.3 Å². The molecule has 0 fully saturated rings. The molecule has 0 aliphatic carbocycles. The fraction of sp³-hybridized carbons (Fsp3) is 0.0909. The number of methoxy groups -OCH3 is 1. The standard InChI is InChI=1S/C22H17ClN6O2/c1-13-9-19(27-20-17(13)7-4-8-18(20)31-2)29-21(14(11-24)12-25-29)28-22(30)26-16-6-3-5-15(23)10-16/h3-10,12H,1-2H3,(H2,26,28,30). The number of carbonyl (C=O) groups is 1. The molecule has 0 bridgehead atoms. The Labute approximate surface area is 183 Å². The first-order valence-electron chi connectivity index (χ1n) is 9.26. The van der Waals surface area contributed by atoms with Crippen molar-refractivity contribution in [2.45, 2.75) is 6.92 Å². The van der Waals surface area contributed by atoms with E-state index in [0.717, 1.165) is 10.9 Å². The van der Waals surface area contributed by atoms with Crippen molar-refractivity contribution in [1.82, 2.24) is 14.8 Å². The van der Waals surface area contributed by atoms with Gasteiger partial charge in [0, 0.05) is 16.1 Å². The summed E-state index contributed by atoms with van der Waals surface area (Å²) >= 11 is 5.96. The monoisotopic (exact) mass is 432 g/mol. The van der Waals surface area contributed by atoms with Gasteiger partial charge in [0.15, 0.2) is 11.6 Å². The van der Waals surface area contributed by atoms with Crippen LogP contribution in [0.5, 0.6) is 5.75 Å². The average molecular weight is 433 g/mol. The van der Waals surface area contributed by atoms with Gasteiger partial charge < -0.3 is 10.1 Å². The van der Waals surface area contributed by atoms with Crippen molar-refractivity contribution in [1.29, 1.82) is 5.26 Å². The first kappa shape index (κ1) is 20.2. The molecular formula is C22H17ClN6O2. The second kappa shape index (κ2) is 8.34. The van der Waals surface area contributed by atoms with E-state index in [9.17, 15) is 10.1 Å². The van der Waals surface area contributed by atoms with Crippen LogP contribution in [-0.4, -0.2) is 27.9 Å². The van der Waals surface area contributed by atoms with Gasteiger partial charge in [-0.15, -0.1) is 0 Å². The number of nitriles is 1. The number of hydrogen-bond acceptors (Lipinski definition) is 5. The molecule has 2 amide bonds. The fourth-order valence-corrected chi connectivity index (χ4v) is 3.40. The minimum atomic E-state index is -0.546. The van der Waals surface area contributed by atoms with Crippen LogP contribution in [0.1, 0.15) is 11.1 Å². The van der Waals surface area contributed by atoms with Gasteiger partial charge in [0.1, 0.15) is 22.9 Å². The van der Waals surface area contributed by atoms with Crippen molar-refractivity contribution in [3.8, 4) is 17.6 Å². The van der Waals surface area contributed by atoms with E-state index in [0.29, 0.717) is 27.8 Å². The van der Waals surface area contributed by atoms with Crippen LogP contribution in [0, 0.1) is 18.3 Å². The molecule has 0 aliphatic heterocycles.